The number of aromatic amines is 1. The van der Waals surface area contributed by atoms with E-state index in [0.717, 1.165) is 68.3 Å². The molecule has 1 amide bonds. The van der Waals surface area contributed by atoms with Crippen molar-refractivity contribution in [2.75, 3.05) is 32.7 Å². The maximum Gasteiger partial charge on any atom is 0.241 e. The quantitative estimate of drug-likeness (QED) is 0.396. The Morgan fingerprint density at radius 3 is 2.29 bits per heavy atom. The van der Waals surface area contributed by atoms with Crippen LogP contribution in [0.5, 0.6) is 0 Å². The minimum atomic E-state index is -0.317. The van der Waals surface area contributed by atoms with Gasteiger partial charge in [0.15, 0.2) is 0 Å². The number of nitrogens with one attached hydrogen (secondary N) is 2. The number of halogens is 2. The molecule has 0 aliphatic carbocycles. The fraction of sp³-hybridized carbons (Fsp3) is 0.385. The summed E-state index contributed by atoms with van der Waals surface area (Å²) in [6, 6.07) is 15.3. The predicted molar refractivity (Wildman–Crippen MR) is 137 cm³/mol. The van der Waals surface area contributed by atoms with Crippen molar-refractivity contribution in [3.8, 4) is 0 Å². The van der Waals surface area contributed by atoms with E-state index in [4.69, 9.17) is 23.2 Å². The van der Waals surface area contributed by atoms with Gasteiger partial charge in [0.1, 0.15) is 6.04 Å². The molecule has 2 heterocycles. The van der Waals surface area contributed by atoms with Crippen LogP contribution in [0.4, 0.5) is 0 Å². The van der Waals surface area contributed by atoms with Crippen LogP contribution < -0.4 is 5.32 Å². The van der Waals surface area contributed by atoms with Crippen LogP contribution in [0, 0.1) is 0 Å². The van der Waals surface area contributed by atoms with Crippen LogP contribution in [-0.2, 0) is 17.8 Å². The SMILES string of the molecule is O=C(NCCCCc1cnc[nH]1)C(c1ccc(Cl)cc1)N1CCN(Cc2ccc(Cl)cc2)CC1. The molecule has 0 saturated carbocycles. The highest BCUT2D eigenvalue weighted by molar-refractivity contribution is 6.30. The zero-order chi connectivity index (χ0) is 23.8. The van der Waals surface area contributed by atoms with Crippen LogP contribution in [0.15, 0.2) is 61.1 Å². The number of H-pyrrole nitrogens is 1. The molecule has 1 aromatic heterocycles. The van der Waals surface area contributed by atoms with Crippen molar-refractivity contribution in [1.29, 1.82) is 0 Å². The lowest BCUT2D eigenvalue weighted by Crippen LogP contribution is -2.50. The Labute approximate surface area is 211 Å². The Balaban J connectivity index is 1.32. The molecule has 0 bridgehead atoms. The molecule has 0 radical (unpaired) electrons. The number of hydrogen-bond donors (Lipinski definition) is 2. The van der Waals surface area contributed by atoms with Crippen molar-refractivity contribution in [3.63, 3.8) is 0 Å². The zero-order valence-corrected chi connectivity index (χ0v) is 20.7. The van der Waals surface area contributed by atoms with Crippen LogP contribution in [-0.4, -0.2) is 58.4 Å². The second kappa shape index (κ2) is 12.4. The molecule has 2 aromatic carbocycles. The molecule has 1 fully saturated rings. The lowest BCUT2D eigenvalue weighted by molar-refractivity contribution is -0.127. The largest absolute Gasteiger partial charge is 0.354 e. The van der Waals surface area contributed by atoms with Crippen LogP contribution in [0.2, 0.25) is 10.0 Å². The number of amides is 1. The summed E-state index contributed by atoms with van der Waals surface area (Å²) < 4.78 is 0. The summed E-state index contributed by atoms with van der Waals surface area (Å²) in [5, 5.41) is 4.60. The minimum Gasteiger partial charge on any atom is -0.354 e. The van der Waals surface area contributed by atoms with Gasteiger partial charge in [0.2, 0.25) is 5.91 Å². The Morgan fingerprint density at radius 2 is 1.65 bits per heavy atom. The number of carbonyl (C=O) groups is 1. The first-order valence-electron chi connectivity index (χ1n) is 11.8. The van der Waals surface area contributed by atoms with Crippen molar-refractivity contribution < 1.29 is 4.79 Å². The first-order valence-corrected chi connectivity index (χ1v) is 12.6. The van der Waals surface area contributed by atoms with E-state index < -0.39 is 0 Å². The molecule has 180 valence electrons. The number of unbranched alkanes of at least 4 members (excludes halogenated alkanes) is 1. The topological polar surface area (TPSA) is 64.3 Å². The van der Waals surface area contributed by atoms with Crippen LogP contribution in [0.25, 0.3) is 0 Å². The molecule has 1 unspecified atom stereocenters. The highest BCUT2D eigenvalue weighted by Crippen LogP contribution is 2.25. The molecule has 8 heteroatoms. The number of imidazole rings is 1. The molecule has 0 spiro atoms. The minimum absolute atomic E-state index is 0.0509. The monoisotopic (exact) mass is 499 g/mol. The third kappa shape index (κ3) is 7.06. The molecule has 34 heavy (non-hydrogen) atoms. The molecule has 6 nitrogen and oxygen atoms in total. The lowest BCUT2D eigenvalue weighted by Gasteiger charge is -2.39. The lowest BCUT2D eigenvalue weighted by atomic mass is 10.0. The van der Waals surface area contributed by atoms with Gasteiger partial charge in [-0.25, -0.2) is 4.98 Å². The van der Waals surface area contributed by atoms with Gasteiger partial charge >= 0.3 is 0 Å². The molecule has 3 aromatic rings. The van der Waals surface area contributed by atoms with E-state index in [1.54, 1.807) is 6.33 Å². The number of hydrogen-bond acceptors (Lipinski definition) is 4. The van der Waals surface area contributed by atoms with Gasteiger partial charge in [-0.1, -0.05) is 47.5 Å². The van der Waals surface area contributed by atoms with Gasteiger partial charge in [0.05, 0.1) is 6.33 Å². The van der Waals surface area contributed by atoms with Gasteiger partial charge in [0.25, 0.3) is 0 Å². The average Bonchev–Trinajstić information content (AvgIpc) is 3.36. The summed E-state index contributed by atoms with van der Waals surface area (Å²) in [6.45, 7) is 5.02. The number of piperazine rings is 1. The summed E-state index contributed by atoms with van der Waals surface area (Å²) in [5.41, 5.74) is 3.35. The Kier molecular flexibility index (Phi) is 8.99. The summed E-state index contributed by atoms with van der Waals surface area (Å²) in [5.74, 6) is 0.0509. The smallest absolute Gasteiger partial charge is 0.241 e. The van der Waals surface area contributed by atoms with E-state index in [2.05, 4.69) is 37.2 Å². The van der Waals surface area contributed by atoms with Crippen molar-refractivity contribution >= 4 is 29.1 Å². The van der Waals surface area contributed by atoms with E-state index in [1.165, 1.54) is 5.56 Å². The Morgan fingerprint density at radius 1 is 0.971 bits per heavy atom. The van der Waals surface area contributed by atoms with Gasteiger partial charge in [-0.3, -0.25) is 14.6 Å². The van der Waals surface area contributed by atoms with Crippen LogP contribution >= 0.6 is 23.2 Å². The summed E-state index contributed by atoms with van der Waals surface area (Å²) >= 11 is 12.1. The van der Waals surface area contributed by atoms with Gasteiger partial charge in [-0.15, -0.1) is 0 Å². The fourth-order valence-corrected chi connectivity index (χ4v) is 4.62. The van der Waals surface area contributed by atoms with Crippen molar-refractivity contribution in [1.82, 2.24) is 25.1 Å². The summed E-state index contributed by atoms with van der Waals surface area (Å²) in [4.78, 5) is 25.2. The molecule has 1 atom stereocenters. The molecule has 1 aliphatic heterocycles. The van der Waals surface area contributed by atoms with Gasteiger partial charge < -0.3 is 10.3 Å². The number of aryl methyl sites for hydroxylation is 1. The van der Waals surface area contributed by atoms with E-state index >= 15 is 0 Å². The number of rotatable bonds is 10. The van der Waals surface area contributed by atoms with Gasteiger partial charge in [-0.05, 0) is 54.7 Å². The third-order valence-electron chi connectivity index (χ3n) is 6.25. The molecule has 1 aliphatic rings. The van der Waals surface area contributed by atoms with Crippen molar-refractivity contribution in [2.24, 2.45) is 0 Å². The van der Waals surface area contributed by atoms with Crippen LogP contribution in [0.3, 0.4) is 0 Å². The van der Waals surface area contributed by atoms with E-state index in [9.17, 15) is 4.79 Å². The predicted octanol–water partition coefficient (Wildman–Crippen LogP) is 4.71. The normalized spacial score (nSPS) is 15.8. The van der Waals surface area contributed by atoms with Gasteiger partial charge in [0, 0.05) is 61.2 Å². The van der Waals surface area contributed by atoms with Crippen molar-refractivity contribution in [3.05, 3.63) is 87.9 Å². The molecule has 2 N–H and O–H groups in total. The standard InChI is InChI=1S/C26H31Cl2N5O/c27-22-8-4-20(5-9-22)18-32-13-15-33(16-14-32)25(21-6-10-23(28)11-7-21)26(34)30-12-2-1-3-24-17-29-19-31-24/h4-11,17,19,25H,1-3,12-16,18H2,(H,29,31)(H,30,34). The Hall–Kier alpha value is -2.38. The maximum atomic E-state index is 13.3. The first-order chi connectivity index (χ1) is 16.6. The molecule has 4 rings (SSSR count). The zero-order valence-electron chi connectivity index (χ0n) is 19.2. The summed E-state index contributed by atoms with van der Waals surface area (Å²) in [6.07, 6.45) is 6.40. The number of benzene rings is 2. The first kappa shape index (κ1) is 24.7. The molecule has 1 saturated heterocycles. The number of nitrogens with zero attached hydrogens (tertiary/aromatic N) is 3. The highest BCUT2D eigenvalue weighted by Gasteiger charge is 2.30. The van der Waals surface area contributed by atoms with Crippen molar-refractivity contribution in [2.45, 2.75) is 31.8 Å². The average molecular weight is 500 g/mol. The van der Waals surface area contributed by atoms with Crippen LogP contribution in [0.1, 0.15) is 35.7 Å². The second-order valence-corrected chi connectivity index (χ2v) is 9.59. The van der Waals surface area contributed by atoms with E-state index in [1.807, 2.05) is 42.6 Å². The second-order valence-electron chi connectivity index (χ2n) is 8.72. The van der Waals surface area contributed by atoms with Gasteiger partial charge in [-0.2, -0.15) is 0 Å². The molecular weight excluding hydrogens is 469 g/mol. The molecular formula is C26H31Cl2N5O. The number of carbonyl (C=O) groups excluding carboxylic acids is 1. The third-order valence-corrected chi connectivity index (χ3v) is 6.76. The summed E-state index contributed by atoms with van der Waals surface area (Å²) in [7, 11) is 0. The Bertz CT molecular complexity index is 1020. The fourth-order valence-electron chi connectivity index (χ4n) is 4.37. The van der Waals surface area contributed by atoms with E-state index in [0.29, 0.717) is 11.6 Å². The van der Waals surface area contributed by atoms with E-state index in [-0.39, 0.29) is 11.9 Å². The maximum absolute atomic E-state index is 13.3. The number of aromatic nitrogens is 2. The highest BCUT2D eigenvalue weighted by atomic mass is 35.5.